The number of likely N-dealkylation sites (tertiary alicyclic amines) is 1. The van der Waals surface area contributed by atoms with E-state index in [1.165, 1.54) is 42.9 Å². The lowest BCUT2D eigenvalue weighted by Gasteiger charge is -2.37. The molecule has 4 heteroatoms. The molecule has 0 radical (unpaired) electrons. The van der Waals surface area contributed by atoms with Gasteiger partial charge in [-0.3, -0.25) is 4.90 Å². The second-order valence-corrected chi connectivity index (χ2v) is 6.32. The van der Waals surface area contributed by atoms with Crippen LogP contribution in [0.5, 0.6) is 0 Å². The molecule has 2 rings (SSSR count). The van der Waals surface area contributed by atoms with E-state index in [0.29, 0.717) is 6.04 Å². The highest BCUT2D eigenvalue weighted by Crippen LogP contribution is 2.22. The van der Waals surface area contributed by atoms with E-state index in [-0.39, 0.29) is 6.04 Å². The first-order chi connectivity index (χ1) is 8.70. The molecule has 1 aliphatic rings. The maximum atomic E-state index is 6.11. The summed E-state index contributed by atoms with van der Waals surface area (Å²) in [5, 5.41) is 3.47. The Morgan fingerprint density at radius 3 is 3.11 bits per heavy atom. The van der Waals surface area contributed by atoms with Gasteiger partial charge in [-0.1, -0.05) is 19.8 Å². The molecular formula is C14H25N3S. The molecular weight excluding hydrogens is 242 g/mol. The van der Waals surface area contributed by atoms with Gasteiger partial charge in [-0.2, -0.15) is 0 Å². The van der Waals surface area contributed by atoms with Gasteiger partial charge in [-0.25, -0.2) is 4.98 Å². The third kappa shape index (κ3) is 3.53. The number of nitrogens with two attached hydrogens (primary N) is 1. The molecule has 2 N–H and O–H groups in total. The molecule has 0 bridgehead atoms. The molecule has 2 atom stereocenters. The Balaban J connectivity index is 1.97. The van der Waals surface area contributed by atoms with Crippen molar-refractivity contribution >= 4 is 11.3 Å². The first kappa shape index (κ1) is 14.0. The number of aromatic nitrogens is 1. The zero-order valence-electron chi connectivity index (χ0n) is 11.6. The van der Waals surface area contributed by atoms with E-state index in [9.17, 15) is 0 Å². The van der Waals surface area contributed by atoms with Gasteiger partial charge in [0.2, 0.25) is 0 Å². The molecule has 1 fully saturated rings. The number of hydrogen-bond acceptors (Lipinski definition) is 4. The Hall–Kier alpha value is -0.450. The number of aryl methyl sites for hydroxylation is 1. The van der Waals surface area contributed by atoms with Gasteiger partial charge < -0.3 is 5.73 Å². The summed E-state index contributed by atoms with van der Waals surface area (Å²) in [7, 11) is 0. The van der Waals surface area contributed by atoms with E-state index < -0.39 is 0 Å². The molecule has 0 aromatic carbocycles. The quantitative estimate of drug-likeness (QED) is 0.892. The van der Waals surface area contributed by atoms with Crippen LogP contribution in [0.4, 0.5) is 0 Å². The Morgan fingerprint density at radius 1 is 1.56 bits per heavy atom. The minimum absolute atomic E-state index is 0.264. The van der Waals surface area contributed by atoms with Gasteiger partial charge in [0, 0.05) is 17.5 Å². The van der Waals surface area contributed by atoms with Crippen LogP contribution in [0.25, 0.3) is 0 Å². The van der Waals surface area contributed by atoms with Gasteiger partial charge in [0.15, 0.2) is 0 Å². The topological polar surface area (TPSA) is 42.1 Å². The summed E-state index contributed by atoms with van der Waals surface area (Å²) in [4.78, 5) is 7.25. The number of rotatable bonds is 5. The molecule has 102 valence electrons. The monoisotopic (exact) mass is 267 g/mol. The van der Waals surface area contributed by atoms with Crippen molar-refractivity contribution in [3.05, 3.63) is 16.1 Å². The van der Waals surface area contributed by atoms with Crippen molar-refractivity contribution < 1.29 is 0 Å². The van der Waals surface area contributed by atoms with Gasteiger partial charge in [0.1, 0.15) is 5.01 Å². The molecule has 1 aromatic rings. The van der Waals surface area contributed by atoms with E-state index in [1.807, 2.05) is 0 Å². The van der Waals surface area contributed by atoms with Gasteiger partial charge >= 0.3 is 0 Å². The second kappa shape index (κ2) is 6.64. The van der Waals surface area contributed by atoms with Crippen molar-refractivity contribution in [2.45, 2.75) is 64.6 Å². The van der Waals surface area contributed by atoms with Crippen LogP contribution in [-0.4, -0.2) is 28.5 Å². The molecule has 18 heavy (non-hydrogen) atoms. The molecule has 1 aromatic heterocycles. The van der Waals surface area contributed by atoms with Crippen LogP contribution < -0.4 is 5.73 Å². The van der Waals surface area contributed by atoms with Crippen LogP contribution >= 0.6 is 11.3 Å². The number of hydrogen-bond donors (Lipinski definition) is 1. The van der Waals surface area contributed by atoms with Crippen molar-refractivity contribution in [2.24, 2.45) is 5.73 Å². The zero-order valence-corrected chi connectivity index (χ0v) is 12.4. The van der Waals surface area contributed by atoms with Crippen LogP contribution in [0.1, 0.15) is 50.2 Å². The van der Waals surface area contributed by atoms with E-state index in [4.69, 9.17) is 10.7 Å². The highest BCUT2D eigenvalue weighted by molar-refractivity contribution is 7.09. The van der Waals surface area contributed by atoms with Crippen LogP contribution in [-0.2, 0) is 13.0 Å². The summed E-state index contributed by atoms with van der Waals surface area (Å²) < 4.78 is 0. The molecule has 1 aliphatic heterocycles. The maximum absolute atomic E-state index is 6.11. The summed E-state index contributed by atoms with van der Waals surface area (Å²) in [6.07, 6.45) is 6.14. The maximum Gasteiger partial charge on any atom is 0.107 e. The van der Waals surface area contributed by atoms with E-state index >= 15 is 0 Å². The Bertz CT molecular complexity index is 362. The van der Waals surface area contributed by atoms with E-state index in [0.717, 1.165) is 13.0 Å². The smallest absolute Gasteiger partial charge is 0.107 e. The molecule has 3 nitrogen and oxygen atoms in total. The SMILES string of the molecule is CCCc1csc(CN2CCCCC2C(C)N)n1. The predicted octanol–water partition coefficient (Wildman–Crippen LogP) is 2.80. The van der Waals surface area contributed by atoms with Crippen molar-refractivity contribution in [3.8, 4) is 0 Å². The summed E-state index contributed by atoms with van der Waals surface area (Å²) in [5.41, 5.74) is 7.36. The molecule has 0 spiro atoms. The van der Waals surface area contributed by atoms with Gasteiger partial charge in [-0.05, 0) is 32.7 Å². The summed E-state index contributed by atoms with van der Waals surface area (Å²) in [5.74, 6) is 0. The second-order valence-electron chi connectivity index (χ2n) is 5.38. The molecule has 0 amide bonds. The average Bonchev–Trinajstić information content (AvgIpc) is 2.77. The summed E-state index contributed by atoms with van der Waals surface area (Å²) in [6.45, 7) is 6.50. The Morgan fingerprint density at radius 2 is 2.39 bits per heavy atom. The first-order valence-electron chi connectivity index (χ1n) is 7.13. The lowest BCUT2D eigenvalue weighted by Crippen LogP contribution is -2.48. The Labute approximate surface area is 114 Å². The van der Waals surface area contributed by atoms with Crippen LogP contribution in [0.3, 0.4) is 0 Å². The molecule has 0 aliphatic carbocycles. The predicted molar refractivity (Wildman–Crippen MR) is 77.8 cm³/mol. The number of nitrogens with zero attached hydrogens (tertiary/aromatic N) is 2. The molecule has 0 saturated carbocycles. The van der Waals surface area contributed by atoms with Crippen LogP contribution in [0.2, 0.25) is 0 Å². The fraction of sp³-hybridized carbons (Fsp3) is 0.786. The van der Waals surface area contributed by atoms with Gasteiger partial charge in [-0.15, -0.1) is 11.3 Å². The standard InChI is InChI=1S/C14H25N3S/c1-3-6-12-10-18-14(16-12)9-17-8-5-4-7-13(17)11(2)15/h10-11,13H,3-9,15H2,1-2H3. The van der Waals surface area contributed by atoms with Gasteiger partial charge in [0.25, 0.3) is 0 Å². The minimum atomic E-state index is 0.264. The van der Waals surface area contributed by atoms with Crippen LogP contribution in [0.15, 0.2) is 5.38 Å². The third-order valence-electron chi connectivity index (χ3n) is 3.71. The van der Waals surface area contributed by atoms with Gasteiger partial charge in [0.05, 0.1) is 12.2 Å². The largest absolute Gasteiger partial charge is 0.327 e. The van der Waals surface area contributed by atoms with E-state index in [2.05, 4.69) is 24.1 Å². The fourth-order valence-electron chi connectivity index (χ4n) is 2.77. The lowest BCUT2D eigenvalue weighted by atomic mass is 9.97. The highest BCUT2D eigenvalue weighted by atomic mass is 32.1. The Kier molecular flexibility index (Phi) is 5.15. The third-order valence-corrected chi connectivity index (χ3v) is 4.60. The van der Waals surface area contributed by atoms with Crippen molar-refractivity contribution in [2.75, 3.05) is 6.54 Å². The van der Waals surface area contributed by atoms with E-state index in [1.54, 1.807) is 11.3 Å². The number of piperidine rings is 1. The average molecular weight is 267 g/mol. The minimum Gasteiger partial charge on any atom is -0.327 e. The van der Waals surface area contributed by atoms with Crippen molar-refractivity contribution in [1.29, 1.82) is 0 Å². The first-order valence-corrected chi connectivity index (χ1v) is 8.01. The highest BCUT2D eigenvalue weighted by Gasteiger charge is 2.25. The molecule has 1 saturated heterocycles. The zero-order chi connectivity index (χ0) is 13.0. The number of thiazole rings is 1. The molecule has 2 unspecified atom stereocenters. The van der Waals surface area contributed by atoms with Crippen molar-refractivity contribution in [1.82, 2.24) is 9.88 Å². The summed E-state index contributed by atoms with van der Waals surface area (Å²) >= 11 is 1.80. The van der Waals surface area contributed by atoms with Crippen LogP contribution in [0, 0.1) is 0 Å². The lowest BCUT2D eigenvalue weighted by molar-refractivity contribution is 0.123. The normalized spacial score (nSPS) is 23.2. The fourth-order valence-corrected chi connectivity index (χ4v) is 3.63. The molecule has 2 heterocycles. The van der Waals surface area contributed by atoms with Crippen molar-refractivity contribution in [3.63, 3.8) is 0 Å². The summed E-state index contributed by atoms with van der Waals surface area (Å²) in [6, 6.07) is 0.803.